The van der Waals surface area contributed by atoms with Crippen LogP contribution in [0.15, 0.2) is 30.3 Å². The first-order chi connectivity index (χ1) is 9.58. The largest absolute Gasteiger partial charge is 0.394 e. The Morgan fingerprint density at radius 1 is 1.55 bits per heavy atom. The van der Waals surface area contributed by atoms with Crippen LogP contribution in [-0.4, -0.2) is 47.8 Å². The van der Waals surface area contributed by atoms with Crippen molar-refractivity contribution in [3.8, 4) is 0 Å². The van der Waals surface area contributed by atoms with Gasteiger partial charge in [-0.1, -0.05) is 23.7 Å². The maximum Gasteiger partial charge on any atom is 0.246 e. The van der Waals surface area contributed by atoms with Gasteiger partial charge in [-0.2, -0.15) is 0 Å². The van der Waals surface area contributed by atoms with Gasteiger partial charge in [0.2, 0.25) is 5.91 Å². The lowest BCUT2D eigenvalue weighted by molar-refractivity contribution is -0.142. The Balaban J connectivity index is 2.00. The Hall–Kier alpha value is -1.36. The Labute approximate surface area is 123 Å². The predicted molar refractivity (Wildman–Crippen MR) is 78.5 cm³/mol. The van der Waals surface area contributed by atoms with E-state index < -0.39 is 0 Å². The van der Waals surface area contributed by atoms with Gasteiger partial charge in [-0.05, 0) is 30.7 Å². The fourth-order valence-corrected chi connectivity index (χ4v) is 2.41. The third-order valence-electron chi connectivity index (χ3n) is 3.11. The smallest absolute Gasteiger partial charge is 0.246 e. The van der Waals surface area contributed by atoms with Gasteiger partial charge in [-0.3, -0.25) is 4.79 Å². The summed E-state index contributed by atoms with van der Waals surface area (Å²) >= 11 is 5.89. The van der Waals surface area contributed by atoms with Crippen LogP contribution < -0.4 is 0 Å². The summed E-state index contributed by atoms with van der Waals surface area (Å²) in [6.07, 6.45) is 2.90. The maximum absolute atomic E-state index is 12.1. The van der Waals surface area contributed by atoms with E-state index in [2.05, 4.69) is 0 Å². The van der Waals surface area contributed by atoms with E-state index in [1.54, 1.807) is 23.1 Å². The Morgan fingerprint density at radius 2 is 2.35 bits per heavy atom. The average Bonchev–Trinajstić information content (AvgIpc) is 2.44. The van der Waals surface area contributed by atoms with E-state index in [0.29, 0.717) is 18.1 Å². The first-order valence-corrected chi connectivity index (χ1v) is 6.95. The monoisotopic (exact) mass is 295 g/mol. The lowest BCUT2D eigenvalue weighted by atomic mass is 10.2. The molecule has 1 aromatic rings. The van der Waals surface area contributed by atoms with Crippen molar-refractivity contribution < 1.29 is 14.6 Å². The molecule has 1 heterocycles. The summed E-state index contributed by atoms with van der Waals surface area (Å²) in [6, 6.07) is 7.30. The number of halogens is 1. The normalized spacial score (nSPS) is 23.2. The van der Waals surface area contributed by atoms with Gasteiger partial charge >= 0.3 is 0 Å². The second-order valence-corrected chi connectivity index (χ2v) is 5.32. The molecule has 0 bridgehead atoms. The molecule has 0 aliphatic carbocycles. The molecule has 5 heteroatoms. The van der Waals surface area contributed by atoms with Gasteiger partial charge in [0.1, 0.15) is 0 Å². The van der Waals surface area contributed by atoms with E-state index >= 15 is 0 Å². The summed E-state index contributed by atoms with van der Waals surface area (Å²) in [5, 5.41) is 9.79. The predicted octanol–water partition coefficient (Wildman–Crippen LogP) is 1.96. The number of benzene rings is 1. The Bertz CT molecular complexity index is 504. The number of hydrogen-bond donors (Lipinski definition) is 1. The molecule has 108 valence electrons. The van der Waals surface area contributed by atoms with Crippen LogP contribution in [0.1, 0.15) is 12.5 Å². The fraction of sp³-hybridized carbons (Fsp3) is 0.400. The molecule has 1 amide bonds. The Morgan fingerprint density at radius 3 is 3.05 bits per heavy atom. The van der Waals surface area contributed by atoms with Gasteiger partial charge in [-0.25, -0.2) is 0 Å². The minimum atomic E-state index is -0.303. The van der Waals surface area contributed by atoms with Crippen molar-refractivity contribution in [2.24, 2.45) is 0 Å². The molecule has 0 aromatic heterocycles. The average molecular weight is 296 g/mol. The van der Waals surface area contributed by atoms with E-state index in [9.17, 15) is 4.79 Å². The van der Waals surface area contributed by atoms with Crippen LogP contribution in [0.4, 0.5) is 0 Å². The molecule has 0 saturated carbocycles. The molecule has 1 aliphatic heterocycles. The highest BCUT2D eigenvalue weighted by Crippen LogP contribution is 2.14. The van der Waals surface area contributed by atoms with Gasteiger partial charge in [0, 0.05) is 24.2 Å². The van der Waals surface area contributed by atoms with Crippen LogP contribution in [0.3, 0.4) is 0 Å². The van der Waals surface area contributed by atoms with Crippen LogP contribution in [0.25, 0.3) is 6.08 Å². The number of ether oxygens (including phenoxy) is 1. The van der Waals surface area contributed by atoms with Gasteiger partial charge in [0.25, 0.3) is 0 Å². The number of aliphatic hydroxyl groups excluding tert-OH is 1. The summed E-state index contributed by atoms with van der Waals surface area (Å²) in [6.45, 7) is 2.77. The molecule has 1 N–H and O–H groups in total. The minimum absolute atomic E-state index is 0.0654. The van der Waals surface area contributed by atoms with Crippen LogP contribution in [-0.2, 0) is 9.53 Å². The van der Waals surface area contributed by atoms with Crippen molar-refractivity contribution in [3.63, 3.8) is 0 Å². The van der Waals surface area contributed by atoms with Gasteiger partial charge < -0.3 is 14.7 Å². The second kappa shape index (κ2) is 6.88. The molecule has 0 radical (unpaired) electrons. The van der Waals surface area contributed by atoms with E-state index in [-0.39, 0.29) is 24.7 Å². The van der Waals surface area contributed by atoms with E-state index in [1.165, 1.54) is 6.08 Å². The zero-order valence-electron chi connectivity index (χ0n) is 11.3. The first kappa shape index (κ1) is 15.0. The highest BCUT2D eigenvalue weighted by molar-refractivity contribution is 6.30. The summed E-state index contributed by atoms with van der Waals surface area (Å²) in [5.41, 5.74) is 0.880. The van der Waals surface area contributed by atoms with Gasteiger partial charge in [0.05, 0.1) is 18.8 Å². The molecule has 0 spiro atoms. The number of rotatable bonds is 3. The number of carbonyl (C=O) groups excluding carboxylic acids is 1. The molecule has 2 atom stereocenters. The fourth-order valence-electron chi connectivity index (χ4n) is 2.21. The molecule has 4 nitrogen and oxygen atoms in total. The number of amides is 1. The zero-order valence-corrected chi connectivity index (χ0v) is 12.1. The molecule has 1 fully saturated rings. The van der Waals surface area contributed by atoms with Crippen molar-refractivity contribution in [3.05, 3.63) is 40.9 Å². The lowest BCUT2D eigenvalue weighted by Gasteiger charge is -2.35. The van der Waals surface area contributed by atoms with Gasteiger partial charge in [-0.15, -0.1) is 0 Å². The molecule has 1 aliphatic rings. The van der Waals surface area contributed by atoms with Crippen LogP contribution in [0, 0.1) is 0 Å². The number of aliphatic hydroxyl groups is 1. The topological polar surface area (TPSA) is 49.8 Å². The quantitative estimate of drug-likeness (QED) is 0.867. The van der Waals surface area contributed by atoms with Crippen molar-refractivity contribution in [2.75, 3.05) is 19.7 Å². The van der Waals surface area contributed by atoms with Crippen molar-refractivity contribution >= 4 is 23.6 Å². The first-order valence-electron chi connectivity index (χ1n) is 6.57. The highest BCUT2D eigenvalue weighted by Gasteiger charge is 2.26. The second-order valence-electron chi connectivity index (χ2n) is 4.88. The summed E-state index contributed by atoms with van der Waals surface area (Å²) in [7, 11) is 0. The molecule has 2 unspecified atom stereocenters. The molecular formula is C15H18ClNO3. The minimum Gasteiger partial charge on any atom is -0.394 e. The summed E-state index contributed by atoms with van der Waals surface area (Å²) in [5.74, 6) is -0.0847. The van der Waals surface area contributed by atoms with Crippen molar-refractivity contribution in [1.82, 2.24) is 4.90 Å². The SMILES string of the molecule is CC1CN(C(=O)/C=C/c2cccc(Cl)c2)CC(CO)O1. The van der Waals surface area contributed by atoms with Crippen LogP contribution >= 0.6 is 11.6 Å². The third kappa shape index (κ3) is 4.07. The summed E-state index contributed by atoms with van der Waals surface area (Å²) in [4.78, 5) is 13.8. The molecular weight excluding hydrogens is 278 g/mol. The number of morpholine rings is 1. The lowest BCUT2D eigenvalue weighted by Crippen LogP contribution is -2.49. The standard InChI is InChI=1S/C15H18ClNO3/c1-11-8-17(9-14(10-18)20-11)15(19)6-5-12-3-2-4-13(16)7-12/h2-7,11,14,18H,8-10H2,1H3/b6-5+. The van der Waals surface area contributed by atoms with E-state index in [0.717, 1.165) is 5.56 Å². The van der Waals surface area contributed by atoms with E-state index in [1.807, 2.05) is 19.1 Å². The number of hydrogen-bond acceptors (Lipinski definition) is 3. The van der Waals surface area contributed by atoms with Crippen LogP contribution in [0.2, 0.25) is 5.02 Å². The third-order valence-corrected chi connectivity index (χ3v) is 3.34. The van der Waals surface area contributed by atoms with Crippen LogP contribution in [0.5, 0.6) is 0 Å². The molecule has 1 saturated heterocycles. The van der Waals surface area contributed by atoms with Crippen molar-refractivity contribution in [1.29, 1.82) is 0 Å². The molecule has 1 aromatic carbocycles. The maximum atomic E-state index is 12.1. The number of carbonyl (C=O) groups is 1. The Kier molecular flexibility index (Phi) is 5.17. The van der Waals surface area contributed by atoms with Gasteiger partial charge in [0.15, 0.2) is 0 Å². The van der Waals surface area contributed by atoms with Crippen molar-refractivity contribution in [2.45, 2.75) is 19.1 Å². The zero-order chi connectivity index (χ0) is 14.5. The molecule has 2 rings (SSSR count). The van der Waals surface area contributed by atoms with E-state index in [4.69, 9.17) is 21.4 Å². The summed E-state index contributed by atoms with van der Waals surface area (Å²) < 4.78 is 5.51. The molecule has 20 heavy (non-hydrogen) atoms. The highest BCUT2D eigenvalue weighted by atomic mass is 35.5. The number of nitrogens with zero attached hydrogens (tertiary/aromatic N) is 1.